The monoisotopic (exact) mass is 235 g/mol. The summed E-state index contributed by atoms with van der Waals surface area (Å²) in [6.07, 6.45) is 2.03. The smallest absolute Gasteiger partial charge is 0.277 e. The van der Waals surface area contributed by atoms with Gasteiger partial charge in [0.25, 0.3) is 10.2 Å². The quantitative estimate of drug-likeness (QED) is 0.624. The summed E-state index contributed by atoms with van der Waals surface area (Å²) in [5.74, 6) is 0. The van der Waals surface area contributed by atoms with Crippen molar-refractivity contribution in [1.29, 1.82) is 0 Å². The van der Waals surface area contributed by atoms with Crippen LogP contribution in [0.2, 0.25) is 0 Å². The van der Waals surface area contributed by atoms with Gasteiger partial charge in [0.1, 0.15) is 0 Å². The maximum Gasteiger partial charge on any atom is 0.277 e. The van der Waals surface area contributed by atoms with Crippen molar-refractivity contribution in [2.75, 3.05) is 13.1 Å². The first-order valence-electron chi connectivity index (χ1n) is 5.17. The van der Waals surface area contributed by atoms with Crippen molar-refractivity contribution < 1.29 is 8.42 Å². The minimum absolute atomic E-state index is 0.0205. The standard InChI is InChI=1S/C9H21N3O2S/c1-8(2,3)12-15(13,14)11-7-9(6-10)4-5-9/h11-12H,4-7,10H2,1-3H3. The molecule has 4 N–H and O–H groups in total. The van der Waals surface area contributed by atoms with Crippen molar-refractivity contribution >= 4 is 10.2 Å². The van der Waals surface area contributed by atoms with E-state index in [0.717, 1.165) is 12.8 Å². The van der Waals surface area contributed by atoms with Crippen molar-refractivity contribution in [3.05, 3.63) is 0 Å². The van der Waals surface area contributed by atoms with E-state index in [-0.39, 0.29) is 5.41 Å². The van der Waals surface area contributed by atoms with Crippen LogP contribution in [0, 0.1) is 5.41 Å². The number of nitrogens with one attached hydrogen (secondary N) is 2. The largest absolute Gasteiger partial charge is 0.330 e. The van der Waals surface area contributed by atoms with E-state index >= 15 is 0 Å². The Hall–Kier alpha value is -0.170. The first kappa shape index (κ1) is 12.9. The summed E-state index contributed by atoms with van der Waals surface area (Å²) in [7, 11) is -3.40. The molecule has 0 radical (unpaired) electrons. The predicted molar refractivity (Wildman–Crippen MR) is 60.5 cm³/mol. The zero-order valence-electron chi connectivity index (χ0n) is 9.63. The van der Waals surface area contributed by atoms with E-state index in [1.54, 1.807) is 0 Å². The van der Waals surface area contributed by atoms with Gasteiger partial charge in [-0.05, 0) is 45.6 Å². The lowest BCUT2D eigenvalue weighted by molar-refractivity contribution is 0.464. The first-order chi connectivity index (χ1) is 6.68. The molecule has 0 aromatic rings. The summed E-state index contributed by atoms with van der Waals surface area (Å²) in [5.41, 5.74) is 5.14. The van der Waals surface area contributed by atoms with E-state index in [4.69, 9.17) is 5.73 Å². The zero-order chi connectivity index (χ0) is 11.7. The van der Waals surface area contributed by atoms with E-state index in [0.29, 0.717) is 13.1 Å². The highest BCUT2D eigenvalue weighted by atomic mass is 32.2. The Morgan fingerprint density at radius 2 is 1.87 bits per heavy atom. The van der Waals surface area contributed by atoms with Crippen molar-refractivity contribution in [3.63, 3.8) is 0 Å². The SMILES string of the molecule is CC(C)(C)NS(=O)(=O)NCC1(CN)CC1. The van der Waals surface area contributed by atoms with Crippen LogP contribution in [0.5, 0.6) is 0 Å². The van der Waals surface area contributed by atoms with Gasteiger partial charge in [0, 0.05) is 12.1 Å². The molecule has 1 aliphatic rings. The van der Waals surface area contributed by atoms with E-state index in [1.165, 1.54) is 0 Å². The first-order valence-corrected chi connectivity index (χ1v) is 6.65. The number of hydrogen-bond donors (Lipinski definition) is 3. The van der Waals surface area contributed by atoms with Crippen molar-refractivity contribution in [3.8, 4) is 0 Å². The second kappa shape index (κ2) is 4.01. The number of rotatable bonds is 5. The van der Waals surface area contributed by atoms with Crippen LogP contribution in [0.1, 0.15) is 33.6 Å². The van der Waals surface area contributed by atoms with E-state index in [9.17, 15) is 8.42 Å². The van der Waals surface area contributed by atoms with Gasteiger partial charge in [-0.2, -0.15) is 13.1 Å². The molecule has 1 saturated carbocycles. The van der Waals surface area contributed by atoms with Crippen LogP contribution in [-0.2, 0) is 10.2 Å². The molecule has 0 amide bonds. The Balaban J connectivity index is 2.44. The van der Waals surface area contributed by atoms with Gasteiger partial charge in [0.15, 0.2) is 0 Å². The molecule has 6 heteroatoms. The lowest BCUT2D eigenvalue weighted by Crippen LogP contribution is -2.48. The molecule has 0 aromatic heterocycles. The second-order valence-electron chi connectivity index (χ2n) is 5.38. The lowest BCUT2D eigenvalue weighted by atomic mass is 10.1. The molecule has 1 aliphatic carbocycles. The van der Waals surface area contributed by atoms with Crippen molar-refractivity contribution in [2.24, 2.45) is 11.1 Å². The summed E-state index contributed by atoms with van der Waals surface area (Å²) >= 11 is 0. The maximum absolute atomic E-state index is 11.6. The minimum Gasteiger partial charge on any atom is -0.330 e. The molecule has 5 nitrogen and oxygen atoms in total. The summed E-state index contributed by atoms with van der Waals surface area (Å²) in [6.45, 7) is 6.41. The Kier molecular flexibility index (Phi) is 3.45. The van der Waals surface area contributed by atoms with Crippen molar-refractivity contribution in [2.45, 2.75) is 39.2 Å². The third-order valence-electron chi connectivity index (χ3n) is 2.47. The fourth-order valence-electron chi connectivity index (χ4n) is 1.32. The van der Waals surface area contributed by atoms with Gasteiger partial charge in [0.2, 0.25) is 0 Å². The van der Waals surface area contributed by atoms with Crippen molar-refractivity contribution in [1.82, 2.24) is 9.44 Å². The molecule has 0 saturated heterocycles. The molecule has 1 rings (SSSR count). The van der Waals surface area contributed by atoms with Crippen LogP contribution in [0.15, 0.2) is 0 Å². The fourth-order valence-corrected chi connectivity index (χ4v) is 2.69. The van der Waals surface area contributed by atoms with Gasteiger partial charge < -0.3 is 5.73 Å². The molecule has 0 aliphatic heterocycles. The highest BCUT2D eigenvalue weighted by Gasteiger charge is 2.41. The van der Waals surface area contributed by atoms with Gasteiger partial charge in [-0.1, -0.05) is 0 Å². The number of hydrogen-bond acceptors (Lipinski definition) is 3. The zero-order valence-corrected chi connectivity index (χ0v) is 10.4. The Morgan fingerprint density at radius 3 is 2.20 bits per heavy atom. The Labute approximate surface area is 92.0 Å². The molecular formula is C9H21N3O2S. The molecule has 15 heavy (non-hydrogen) atoms. The maximum atomic E-state index is 11.6. The molecule has 1 fully saturated rings. The van der Waals surface area contributed by atoms with Crippen LogP contribution in [-0.4, -0.2) is 27.0 Å². The summed E-state index contributed by atoms with van der Waals surface area (Å²) in [4.78, 5) is 0. The van der Waals surface area contributed by atoms with Crippen LogP contribution >= 0.6 is 0 Å². The molecule has 0 aromatic carbocycles. The average molecular weight is 235 g/mol. The molecule has 0 unspecified atom stereocenters. The molecule has 0 bridgehead atoms. The predicted octanol–water partition coefficient (Wildman–Crippen LogP) is -0.0522. The molecule has 0 atom stereocenters. The molecule has 0 spiro atoms. The van der Waals surface area contributed by atoms with E-state index in [1.807, 2.05) is 20.8 Å². The highest BCUT2D eigenvalue weighted by Crippen LogP contribution is 2.43. The van der Waals surface area contributed by atoms with E-state index in [2.05, 4.69) is 9.44 Å². The summed E-state index contributed by atoms with van der Waals surface area (Å²) in [6, 6.07) is 0. The van der Waals surface area contributed by atoms with E-state index < -0.39 is 15.7 Å². The molecule has 90 valence electrons. The van der Waals surface area contributed by atoms with Crippen LogP contribution < -0.4 is 15.2 Å². The Morgan fingerprint density at radius 1 is 1.33 bits per heavy atom. The minimum atomic E-state index is -3.40. The molecule has 0 heterocycles. The molecular weight excluding hydrogens is 214 g/mol. The van der Waals surface area contributed by atoms with Gasteiger partial charge in [0.05, 0.1) is 0 Å². The normalized spacial score (nSPS) is 20.3. The lowest BCUT2D eigenvalue weighted by Gasteiger charge is -2.22. The third kappa shape index (κ3) is 4.46. The Bertz CT molecular complexity index is 315. The van der Waals surface area contributed by atoms with Gasteiger partial charge in [-0.25, -0.2) is 4.72 Å². The van der Waals surface area contributed by atoms with Crippen LogP contribution in [0.3, 0.4) is 0 Å². The summed E-state index contributed by atoms with van der Waals surface area (Å²) in [5, 5.41) is 0. The number of nitrogens with two attached hydrogens (primary N) is 1. The van der Waals surface area contributed by atoms with Gasteiger partial charge in [-0.15, -0.1) is 0 Å². The topological polar surface area (TPSA) is 84.2 Å². The summed E-state index contributed by atoms with van der Waals surface area (Å²) < 4.78 is 28.2. The average Bonchev–Trinajstić information content (AvgIpc) is 2.77. The van der Waals surface area contributed by atoms with Gasteiger partial charge in [-0.3, -0.25) is 0 Å². The van der Waals surface area contributed by atoms with Crippen LogP contribution in [0.25, 0.3) is 0 Å². The third-order valence-corrected chi connectivity index (χ3v) is 3.87. The van der Waals surface area contributed by atoms with Gasteiger partial charge >= 0.3 is 0 Å². The highest BCUT2D eigenvalue weighted by molar-refractivity contribution is 7.87. The van der Waals surface area contributed by atoms with Crippen LogP contribution in [0.4, 0.5) is 0 Å². The fraction of sp³-hybridized carbons (Fsp3) is 1.00. The second-order valence-corrected chi connectivity index (χ2v) is 6.88.